The van der Waals surface area contributed by atoms with Gasteiger partial charge in [0.25, 0.3) is 0 Å². The molecule has 5 nitrogen and oxygen atoms in total. The van der Waals surface area contributed by atoms with Crippen LogP contribution in [0.15, 0.2) is 23.2 Å². The molecule has 3 N–H and O–H groups in total. The largest absolute Gasteiger partial charge is 0.357 e. The Kier molecular flexibility index (Phi) is 8.90. The Morgan fingerprint density at radius 3 is 2.25 bits per heavy atom. The van der Waals surface area contributed by atoms with Crippen LogP contribution in [0.2, 0.25) is 0 Å². The zero-order chi connectivity index (χ0) is 17.9. The average molecular weight is 332 g/mol. The number of aliphatic imine (C=N–C) groups is 1. The van der Waals surface area contributed by atoms with Crippen LogP contribution in [0.1, 0.15) is 37.5 Å². The first-order valence-corrected chi connectivity index (χ1v) is 8.79. The number of carbonyl (C=O) groups excluding carboxylic acids is 1. The number of hydrogen-bond acceptors (Lipinski definition) is 2. The number of nitrogens with zero attached hydrogens (tertiary/aromatic N) is 1. The molecule has 0 aliphatic rings. The topological polar surface area (TPSA) is 65.5 Å². The lowest BCUT2D eigenvalue weighted by atomic mass is 10.1. The smallest absolute Gasteiger partial charge is 0.222 e. The number of hydrogen-bond donors (Lipinski definition) is 3. The summed E-state index contributed by atoms with van der Waals surface area (Å²) >= 11 is 0. The molecule has 0 heterocycles. The van der Waals surface area contributed by atoms with E-state index in [2.05, 4.69) is 53.0 Å². The van der Waals surface area contributed by atoms with Crippen molar-refractivity contribution in [2.24, 2.45) is 10.9 Å². The van der Waals surface area contributed by atoms with Gasteiger partial charge in [-0.2, -0.15) is 0 Å². The van der Waals surface area contributed by atoms with Crippen LogP contribution in [0.4, 0.5) is 0 Å². The molecule has 134 valence electrons. The SMILES string of the molecule is CCNC(=NCCc1cc(C)cc(C)c1)NCCNC(=O)C(C)C. The Hall–Kier alpha value is -2.04. The summed E-state index contributed by atoms with van der Waals surface area (Å²) in [6.07, 6.45) is 0.920. The maximum Gasteiger partial charge on any atom is 0.222 e. The predicted octanol–water partition coefficient (Wildman–Crippen LogP) is 2.17. The van der Waals surface area contributed by atoms with Crippen LogP contribution in [0.3, 0.4) is 0 Å². The van der Waals surface area contributed by atoms with Gasteiger partial charge in [0.15, 0.2) is 5.96 Å². The van der Waals surface area contributed by atoms with Crippen LogP contribution in [0, 0.1) is 19.8 Å². The van der Waals surface area contributed by atoms with Crippen LogP contribution in [0.5, 0.6) is 0 Å². The van der Waals surface area contributed by atoms with E-state index in [0.717, 1.165) is 25.5 Å². The minimum atomic E-state index is 0.0182. The lowest BCUT2D eigenvalue weighted by molar-refractivity contribution is -0.123. The van der Waals surface area contributed by atoms with Crippen molar-refractivity contribution < 1.29 is 4.79 Å². The highest BCUT2D eigenvalue weighted by Gasteiger charge is 2.05. The predicted molar refractivity (Wildman–Crippen MR) is 101 cm³/mol. The molecule has 1 rings (SSSR count). The van der Waals surface area contributed by atoms with E-state index in [1.807, 2.05) is 20.8 Å². The lowest BCUT2D eigenvalue weighted by Gasteiger charge is -2.12. The van der Waals surface area contributed by atoms with E-state index in [9.17, 15) is 4.79 Å². The van der Waals surface area contributed by atoms with E-state index in [1.165, 1.54) is 16.7 Å². The van der Waals surface area contributed by atoms with Gasteiger partial charge in [0.05, 0.1) is 0 Å². The van der Waals surface area contributed by atoms with Crippen molar-refractivity contribution in [3.63, 3.8) is 0 Å². The third-order valence-electron chi connectivity index (χ3n) is 3.54. The lowest BCUT2D eigenvalue weighted by Crippen LogP contribution is -2.42. The van der Waals surface area contributed by atoms with E-state index >= 15 is 0 Å². The number of nitrogens with one attached hydrogen (secondary N) is 3. The number of carbonyl (C=O) groups is 1. The minimum absolute atomic E-state index is 0.0182. The van der Waals surface area contributed by atoms with Crippen molar-refractivity contribution in [1.29, 1.82) is 0 Å². The summed E-state index contributed by atoms with van der Waals surface area (Å²) < 4.78 is 0. The second-order valence-electron chi connectivity index (χ2n) is 6.38. The standard InChI is InChI=1S/C19H32N4O/c1-6-20-19(23-10-9-21-18(24)14(2)3)22-8-7-17-12-15(4)11-16(5)13-17/h11-14H,6-10H2,1-5H3,(H,21,24)(H2,20,22,23). The molecule has 0 spiro atoms. The fourth-order valence-corrected chi connectivity index (χ4v) is 2.42. The maximum absolute atomic E-state index is 11.5. The van der Waals surface area contributed by atoms with Crippen LogP contribution >= 0.6 is 0 Å². The van der Waals surface area contributed by atoms with Crippen molar-refractivity contribution in [1.82, 2.24) is 16.0 Å². The van der Waals surface area contributed by atoms with Crippen LogP contribution in [-0.2, 0) is 11.2 Å². The van der Waals surface area contributed by atoms with Gasteiger partial charge in [-0.1, -0.05) is 43.2 Å². The molecule has 0 saturated carbocycles. The van der Waals surface area contributed by atoms with Crippen LogP contribution in [0.25, 0.3) is 0 Å². The molecule has 5 heteroatoms. The Balaban J connectivity index is 2.43. The van der Waals surface area contributed by atoms with Gasteiger partial charge in [0.1, 0.15) is 0 Å². The molecule has 0 saturated heterocycles. The Bertz CT molecular complexity index is 532. The summed E-state index contributed by atoms with van der Waals surface area (Å²) in [7, 11) is 0. The van der Waals surface area contributed by atoms with Crippen molar-refractivity contribution in [3.05, 3.63) is 34.9 Å². The molecule has 0 aliphatic carbocycles. The highest BCUT2D eigenvalue weighted by molar-refractivity contribution is 5.80. The van der Waals surface area contributed by atoms with Crippen LogP contribution < -0.4 is 16.0 Å². The van der Waals surface area contributed by atoms with Gasteiger partial charge in [-0.15, -0.1) is 0 Å². The number of amides is 1. The van der Waals surface area contributed by atoms with Crippen molar-refractivity contribution in [2.75, 3.05) is 26.2 Å². The molecule has 24 heavy (non-hydrogen) atoms. The summed E-state index contributed by atoms with van der Waals surface area (Å²) in [4.78, 5) is 16.1. The number of guanidine groups is 1. The van der Waals surface area contributed by atoms with Gasteiger partial charge in [-0.25, -0.2) is 0 Å². The highest BCUT2D eigenvalue weighted by atomic mass is 16.1. The second-order valence-corrected chi connectivity index (χ2v) is 6.38. The van der Waals surface area contributed by atoms with Crippen molar-refractivity contribution in [2.45, 2.75) is 41.0 Å². The molecule has 0 aliphatic heterocycles. The number of rotatable bonds is 8. The van der Waals surface area contributed by atoms with E-state index < -0.39 is 0 Å². The first kappa shape index (κ1) is 20.0. The Morgan fingerprint density at radius 1 is 1.04 bits per heavy atom. The Morgan fingerprint density at radius 2 is 1.67 bits per heavy atom. The van der Waals surface area contributed by atoms with Gasteiger partial charge in [-0.05, 0) is 32.8 Å². The first-order chi connectivity index (χ1) is 11.4. The zero-order valence-electron chi connectivity index (χ0n) is 15.7. The quantitative estimate of drug-likeness (QED) is 0.388. The van der Waals surface area contributed by atoms with E-state index in [4.69, 9.17) is 0 Å². The average Bonchev–Trinajstić information content (AvgIpc) is 2.50. The molecule has 1 aromatic rings. The summed E-state index contributed by atoms with van der Waals surface area (Å²) in [6.45, 7) is 12.9. The Labute approximate surface area is 146 Å². The molecular formula is C19H32N4O. The molecule has 0 aromatic heterocycles. The summed E-state index contributed by atoms with van der Waals surface area (Å²) in [5.74, 6) is 0.888. The van der Waals surface area contributed by atoms with Gasteiger partial charge >= 0.3 is 0 Å². The fraction of sp³-hybridized carbons (Fsp3) is 0.579. The number of benzene rings is 1. The molecule has 0 atom stereocenters. The molecular weight excluding hydrogens is 300 g/mol. The van der Waals surface area contributed by atoms with Crippen molar-refractivity contribution in [3.8, 4) is 0 Å². The first-order valence-electron chi connectivity index (χ1n) is 8.79. The molecule has 1 amide bonds. The molecule has 0 radical (unpaired) electrons. The van der Waals surface area contributed by atoms with Gasteiger partial charge < -0.3 is 16.0 Å². The number of aryl methyl sites for hydroxylation is 2. The maximum atomic E-state index is 11.5. The third kappa shape index (κ3) is 7.99. The molecule has 1 aromatic carbocycles. The van der Waals surface area contributed by atoms with Gasteiger partial charge in [-0.3, -0.25) is 9.79 Å². The highest BCUT2D eigenvalue weighted by Crippen LogP contribution is 2.09. The third-order valence-corrected chi connectivity index (χ3v) is 3.54. The monoisotopic (exact) mass is 332 g/mol. The zero-order valence-corrected chi connectivity index (χ0v) is 15.7. The second kappa shape index (κ2) is 10.7. The van der Waals surface area contributed by atoms with Gasteiger partial charge in [0.2, 0.25) is 5.91 Å². The van der Waals surface area contributed by atoms with Crippen LogP contribution in [-0.4, -0.2) is 38.0 Å². The van der Waals surface area contributed by atoms with E-state index in [0.29, 0.717) is 13.1 Å². The van der Waals surface area contributed by atoms with E-state index in [1.54, 1.807) is 0 Å². The molecule has 0 bridgehead atoms. The molecule has 0 unspecified atom stereocenters. The van der Waals surface area contributed by atoms with Gasteiger partial charge in [0, 0.05) is 32.1 Å². The normalized spacial score (nSPS) is 11.5. The molecule has 0 fully saturated rings. The summed E-state index contributed by atoms with van der Waals surface area (Å²) in [5, 5.41) is 9.37. The van der Waals surface area contributed by atoms with E-state index in [-0.39, 0.29) is 11.8 Å². The minimum Gasteiger partial charge on any atom is -0.357 e. The van der Waals surface area contributed by atoms with Crippen molar-refractivity contribution >= 4 is 11.9 Å². The summed E-state index contributed by atoms with van der Waals surface area (Å²) in [6, 6.07) is 6.61. The fourth-order valence-electron chi connectivity index (χ4n) is 2.42. The summed E-state index contributed by atoms with van der Waals surface area (Å²) in [5.41, 5.74) is 3.90.